The Hall–Kier alpha value is -2.85. The van der Waals surface area contributed by atoms with Crippen molar-refractivity contribution in [2.75, 3.05) is 25.1 Å². The molecule has 11 heteroatoms. The zero-order valence-corrected chi connectivity index (χ0v) is 16.2. The Morgan fingerprint density at radius 3 is 2.31 bits per heavy atom. The molecule has 0 radical (unpaired) electrons. The highest BCUT2D eigenvalue weighted by Crippen LogP contribution is 2.37. The van der Waals surface area contributed by atoms with E-state index in [4.69, 9.17) is 0 Å². The van der Waals surface area contributed by atoms with Crippen LogP contribution in [-0.2, 0) is 20.5 Å². The molecule has 0 aromatic heterocycles. The highest BCUT2D eigenvalue weighted by atomic mass is 19.4. The fourth-order valence-corrected chi connectivity index (χ4v) is 3.21. The summed E-state index contributed by atoms with van der Waals surface area (Å²) < 4.78 is 43.2. The molecule has 1 saturated heterocycles. The Morgan fingerprint density at radius 1 is 1.24 bits per heavy atom. The first-order valence-corrected chi connectivity index (χ1v) is 8.88. The Bertz CT molecular complexity index is 802. The summed E-state index contributed by atoms with van der Waals surface area (Å²) in [7, 11) is 1.21. The van der Waals surface area contributed by atoms with Gasteiger partial charge in [0.2, 0.25) is 5.91 Å². The number of alkyl halides is 3. The third-order valence-corrected chi connectivity index (χ3v) is 4.84. The van der Waals surface area contributed by atoms with Crippen LogP contribution >= 0.6 is 0 Å². The number of piperidine rings is 1. The van der Waals surface area contributed by atoms with Gasteiger partial charge in [0, 0.05) is 25.1 Å². The molecule has 0 unspecified atom stereocenters. The third kappa shape index (κ3) is 5.15. The van der Waals surface area contributed by atoms with Crippen LogP contribution in [0, 0.1) is 16.0 Å². The third-order valence-electron chi connectivity index (χ3n) is 4.84. The van der Waals surface area contributed by atoms with Gasteiger partial charge in [-0.25, -0.2) is 4.79 Å². The van der Waals surface area contributed by atoms with Crippen molar-refractivity contribution in [1.82, 2.24) is 5.32 Å². The number of hydrogen-bond donors (Lipinski definition) is 1. The molecule has 0 atom stereocenters. The predicted molar refractivity (Wildman–Crippen MR) is 97.3 cm³/mol. The monoisotopic (exact) mass is 417 g/mol. The number of amides is 1. The molecule has 1 heterocycles. The van der Waals surface area contributed by atoms with Crippen LogP contribution in [-0.4, -0.2) is 42.5 Å². The molecule has 0 bridgehead atoms. The maximum Gasteiger partial charge on any atom is 0.416 e. The van der Waals surface area contributed by atoms with Crippen LogP contribution in [0.3, 0.4) is 0 Å². The van der Waals surface area contributed by atoms with E-state index in [9.17, 15) is 32.9 Å². The fraction of sp³-hybridized carbons (Fsp3) is 0.556. The van der Waals surface area contributed by atoms with Gasteiger partial charge in [0.15, 0.2) is 0 Å². The lowest BCUT2D eigenvalue weighted by Gasteiger charge is -2.34. The maximum atomic E-state index is 12.8. The zero-order chi connectivity index (χ0) is 22.0. The smallest absolute Gasteiger partial charge is 0.416 e. The van der Waals surface area contributed by atoms with Gasteiger partial charge >= 0.3 is 12.1 Å². The number of hydrogen-bond acceptors (Lipinski definition) is 6. The molecule has 1 aliphatic heterocycles. The number of halogens is 3. The molecule has 0 saturated carbocycles. The first-order chi connectivity index (χ1) is 13.4. The van der Waals surface area contributed by atoms with Crippen LogP contribution in [0.15, 0.2) is 18.2 Å². The molecular formula is C18H22F3N3O5. The normalized spacial score (nSPS) is 15.7. The van der Waals surface area contributed by atoms with E-state index < -0.39 is 39.8 Å². The molecule has 1 aromatic carbocycles. The SMILES string of the molecule is COC(=O)C(C)(C)NC(=O)C1CCN(c2ccc(C(F)(F)F)cc2[N+](=O)[O-])CC1. The second-order valence-electron chi connectivity index (χ2n) is 7.33. The highest BCUT2D eigenvalue weighted by Gasteiger charge is 2.36. The topological polar surface area (TPSA) is 102 Å². The Balaban J connectivity index is 2.10. The van der Waals surface area contributed by atoms with Gasteiger partial charge in [-0.15, -0.1) is 0 Å². The van der Waals surface area contributed by atoms with Crippen molar-refractivity contribution in [2.45, 2.75) is 38.4 Å². The zero-order valence-electron chi connectivity index (χ0n) is 16.2. The Morgan fingerprint density at radius 2 is 1.83 bits per heavy atom. The standard InChI is InChI=1S/C18H22F3N3O5/c1-17(2,16(26)29-3)22-15(25)11-6-8-23(9-7-11)13-5-4-12(18(19,20)21)10-14(13)24(27)28/h4-5,10-11H,6-9H2,1-3H3,(H,22,25). The molecular weight excluding hydrogens is 395 g/mol. The maximum absolute atomic E-state index is 12.8. The number of nitro benzene ring substituents is 1. The fourth-order valence-electron chi connectivity index (χ4n) is 3.21. The minimum atomic E-state index is -4.68. The van der Waals surface area contributed by atoms with Crippen molar-refractivity contribution in [3.05, 3.63) is 33.9 Å². The minimum absolute atomic E-state index is 0.0803. The van der Waals surface area contributed by atoms with Crippen molar-refractivity contribution >= 4 is 23.3 Å². The van der Waals surface area contributed by atoms with E-state index in [2.05, 4.69) is 10.1 Å². The quantitative estimate of drug-likeness (QED) is 0.449. The number of rotatable bonds is 5. The predicted octanol–water partition coefficient (Wildman–Crippen LogP) is 2.90. The number of carbonyl (C=O) groups is 2. The van der Waals surface area contributed by atoms with Crippen LogP contribution in [0.5, 0.6) is 0 Å². The van der Waals surface area contributed by atoms with Crippen LogP contribution in [0.25, 0.3) is 0 Å². The van der Waals surface area contributed by atoms with Gasteiger partial charge < -0.3 is 15.0 Å². The first-order valence-electron chi connectivity index (χ1n) is 8.88. The molecule has 0 aliphatic carbocycles. The van der Waals surface area contributed by atoms with E-state index in [0.29, 0.717) is 18.9 Å². The number of anilines is 1. The molecule has 160 valence electrons. The van der Waals surface area contributed by atoms with Gasteiger partial charge in [0.1, 0.15) is 11.2 Å². The number of nitro groups is 1. The summed E-state index contributed by atoms with van der Waals surface area (Å²) in [5.74, 6) is -1.37. The molecule has 1 aromatic rings. The van der Waals surface area contributed by atoms with Gasteiger partial charge in [-0.1, -0.05) is 0 Å². The lowest BCUT2D eigenvalue weighted by atomic mass is 9.93. The second-order valence-corrected chi connectivity index (χ2v) is 7.33. The average molecular weight is 417 g/mol. The van der Waals surface area contributed by atoms with E-state index in [0.717, 1.165) is 12.1 Å². The van der Waals surface area contributed by atoms with Crippen LogP contribution in [0.2, 0.25) is 0 Å². The summed E-state index contributed by atoms with van der Waals surface area (Å²) in [5, 5.41) is 13.9. The molecule has 1 fully saturated rings. The Labute approximate surface area is 165 Å². The lowest BCUT2D eigenvalue weighted by molar-refractivity contribution is -0.384. The van der Waals surface area contributed by atoms with Crippen LogP contribution < -0.4 is 10.2 Å². The first kappa shape index (κ1) is 22.4. The van der Waals surface area contributed by atoms with Gasteiger partial charge in [0.25, 0.3) is 5.69 Å². The van der Waals surface area contributed by atoms with Crippen LogP contribution in [0.4, 0.5) is 24.5 Å². The number of ether oxygens (including phenoxy) is 1. The van der Waals surface area contributed by atoms with Crippen molar-refractivity contribution in [3.63, 3.8) is 0 Å². The largest absolute Gasteiger partial charge is 0.467 e. The van der Waals surface area contributed by atoms with Crippen molar-refractivity contribution in [1.29, 1.82) is 0 Å². The molecule has 8 nitrogen and oxygen atoms in total. The second kappa shape index (κ2) is 8.26. The summed E-state index contributed by atoms with van der Waals surface area (Å²) in [6.07, 6.45) is -4.01. The molecule has 0 spiro atoms. The lowest BCUT2D eigenvalue weighted by Crippen LogP contribution is -2.53. The number of methoxy groups -OCH3 is 1. The van der Waals surface area contributed by atoms with E-state index in [-0.39, 0.29) is 24.7 Å². The van der Waals surface area contributed by atoms with E-state index in [1.807, 2.05) is 0 Å². The summed E-state index contributed by atoms with van der Waals surface area (Å²) in [5.41, 5.74) is -2.84. The summed E-state index contributed by atoms with van der Waals surface area (Å²) in [6, 6.07) is 2.41. The van der Waals surface area contributed by atoms with Crippen molar-refractivity contribution in [2.24, 2.45) is 5.92 Å². The number of nitrogens with one attached hydrogen (secondary N) is 1. The number of benzene rings is 1. The van der Waals surface area contributed by atoms with Crippen molar-refractivity contribution < 1.29 is 32.4 Å². The Kier molecular flexibility index (Phi) is 6.39. The van der Waals surface area contributed by atoms with Gasteiger partial charge in [-0.2, -0.15) is 13.2 Å². The van der Waals surface area contributed by atoms with E-state index >= 15 is 0 Å². The van der Waals surface area contributed by atoms with E-state index in [1.54, 1.807) is 4.90 Å². The van der Waals surface area contributed by atoms with Gasteiger partial charge in [-0.3, -0.25) is 14.9 Å². The number of esters is 1. The van der Waals surface area contributed by atoms with Gasteiger partial charge in [-0.05, 0) is 38.8 Å². The van der Waals surface area contributed by atoms with Crippen LogP contribution in [0.1, 0.15) is 32.3 Å². The highest BCUT2D eigenvalue weighted by molar-refractivity contribution is 5.88. The number of carbonyl (C=O) groups excluding carboxylic acids is 2. The van der Waals surface area contributed by atoms with Crippen molar-refractivity contribution in [3.8, 4) is 0 Å². The molecule has 1 aliphatic rings. The summed E-state index contributed by atoms with van der Waals surface area (Å²) >= 11 is 0. The average Bonchev–Trinajstić information content (AvgIpc) is 2.65. The van der Waals surface area contributed by atoms with E-state index in [1.165, 1.54) is 21.0 Å². The molecule has 1 N–H and O–H groups in total. The molecule has 1 amide bonds. The molecule has 29 heavy (non-hydrogen) atoms. The summed E-state index contributed by atoms with van der Waals surface area (Å²) in [6.45, 7) is 3.53. The minimum Gasteiger partial charge on any atom is -0.467 e. The number of nitrogens with zero attached hydrogens (tertiary/aromatic N) is 2. The summed E-state index contributed by atoms with van der Waals surface area (Å²) in [4.78, 5) is 36.2. The molecule has 2 rings (SSSR count). The van der Waals surface area contributed by atoms with Gasteiger partial charge in [0.05, 0.1) is 17.6 Å².